The van der Waals surface area contributed by atoms with Crippen LogP contribution in [0, 0.1) is 0 Å². The zero-order valence-corrected chi connectivity index (χ0v) is 12.8. The minimum Gasteiger partial charge on any atom is -0.497 e. The van der Waals surface area contributed by atoms with E-state index in [1.54, 1.807) is 7.11 Å². The second-order valence-corrected chi connectivity index (χ2v) is 4.97. The molecule has 0 aromatic heterocycles. The highest BCUT2D eigenvalue weighted by Gasteiger charge is 1.97. The van der Waals surface area contributed by atoms with Crippen LogP contribution in [0.25, 0.3) is 0 Å². The fourth-order valence-electron chi connectivity index (χ4n) is 1.81. The van der Waals surface area contributed by atoms with Crippen molar-refractivity contribution >= 4 is 11.6 Å². The number of methoxy groups -OCH3 is 1. The summed E-state index contributed by atoms with van der Waals surface area (Å²) in [6, 6.07) is 15.0. The Hall–Kier alpha value is -1.87. The first-order chi connectivity index (χ1) is 10.3. The molecule has 2 aromatic carbocycles. The fourth-order valence-corrected chi connectivity index (χ4v) is 1.99. The predicted octanol–water partition coefficient (Wildman–Crippen LogP) is 4.59. The molecular formula is C17H19ClO3. The van der Waals surface area contributed by atoms with Gasteiger partial charge in [0.05, 0.1) is 20.3 Å². The third-order valence-corrected chi connectivity index (χ3v) is 3.17. The number of hydrogen-bond acceptors (Lipinski definition) is 3. The minimum absolute atomic E-state index is 0.659. The van der Waals surface area contributed by atoms with Gasteiger partial charge in [-0.2, -0.15) is 0 Å². The van der Waals surface area contributed by atoms with Crippen molar-refractivity contribution in [1.82, 2.24) is 0 Å². The van der Waals surface area contributed by atoms with E-state index >= 15 is 0 Å². The van der Waals surface area contributed by atoms with Crippen molar-refractivity contribution in [3.05, 3.63) is 53.6 Å². The molecule has 4 heteroatoms. The second-order valence-electron chi connectivity index (χ2n) is 4.54. The van der Waals surface area contributed by atoms with Gasteiger partial charge in [-0.15, -0.1) is 0 Å². The molecule has 2 rings (SSSR count). The van der Waals surface area contributed by atoms with Crippen molar-refractivity contribution in [3.8, 4) is 17.2 Å². The van der Waals surface area contributed by atoms with Gasteiger partial charge in [-0.05, 0) is 55.3 Å². The summed E-state index contributed by atoms with van der Waals surface area (Å²) in [6.07, 6.45) is 1.87. The normalized spacial score (nSPS) is 10.2. The molecule has 112 valence electrons. The van der Waals surface area contributed by atoms with E-state index < -0.39 is 0 Å². The summed E-state index contributed by atoms with van der Waals surface area (Å²) >= 11 is 5.89. The maximum atomic E-state index is 5.89. The smallest absolute Gasteiger partial charge is 0.120 e. The van der Waals surface area contributed by atoms with Gasteiger partial charge < -0.3 is 14.2 Å². The van der Waals surface area contributed by atoms with Gasteiger partial charge in [-0.25, -0.2) is 0 Å². The minimum atomic E-state index is 0.659. The topological polar surface area (TPSA) is 27.7 Å². The monoisotopic (exact) mass is 306 g/mol. The van der Waals surface area contributed by atoms with Gasteiger partial charge >= 0.3 is 0 Å². The van der Waals surface area contributed by atoms with Gasteiger partial charge in [0.1, 0.15) is 17.2 Å². The van der Waals surface area contributed by atoms with Crippen LogP contribution in [-0.4, -0.2) is 20.3 Å². The fraction of sp³-hybridized carbons (Fsp3) is 0.294. The molecule has 0 heterocycles. The van der Waals surface area contributed by atoms with Gasteiger partial charge in [0.2, 0.25) is 0 Å². The molecule has 21 heavy (non-hydrogen) atoms. The number of halogens is 1. The molecule has 3 nitrogen and oxygen atoms in total. The Labute approximate surface area is 130 Å². The molecule has 0 N–H and O–H groups in total. The summed E-state index contributed by atoms with van der Waals surface area (Å²) in [5.74, 6) is 2.49. The lowest BCUT2D eigenvalue weighted by molar-refractivity contribution is 0.266. The van der Waals surface area contributed by atoms with Crippen molar-refractivity contribution in [3.63, 3.8) is 0 Å². The zero-order chi connectivity index (χ0) is 14.9. The molecule has 2 aromatic rings. The first kappa shape index (κ1) is 15.5. The lowest BCUT2D eigenvalue weighted by Gasteiger charge is -2.08. The van der Waals surface area contributed by atoms with E-state index in [-0.39, 0.29) is 0 Å². The standard InChI is InChI=1S/C17H19ClO3/c1-19-15-7-9-16(10-8-15)20-11-2-3-12-21-17-6-4-5-14(18)13-17/h4-10,13H,2-3,11-12H2,1H3. The largest absolute Gasteiger partial charge is 0.497 e. The Morgan fingerprint density at radius 3 is 2.05 bits per heavy atom. The van der Waals surface area contributed by atoms with Crippen molar-refractivity contribution in [1.29, 1.82) is 0 Å². The van der Waals surface area contributed by atoms with Crippen LogP contribution in [0.5, 0.6) is 17.2 Å². The summed E-state index contributed by atoms with van der Waals surface area (Å²) in [6.45, 7) is 1.33. The van der Waals surface area contributed by atoms with Crippen LogP contribution in [0.4, 0.5) is 0 Å². The summed E-state index contributed by atoms with van der Waals surface area (Å²) < 4.78 is 16.4. The molecule has 0 fully saturated rings. The first-order valence-corrected chi connectivity index (χ1v) is 7.31. The molecule has 0 aliphatic heterocycles. The van der Waals surface area contributed by atoms with Crippen molar-refractivity contribution < 1.29 is 14.2 Å². The highest BCUT2D eigenvalue weighted by atomic mass is 35.5. The molecule has 0 radical (unpaired) electrons. The molecule has 0 bridgehead atoms. The van der Waals surface area contributed by atoms with Crippen LogP contribution in [0.3, 0.4) is 0 Å². The lowest BCUT2D eigenvalue weighted by Crippen LogP contribution is -2.02. The van der Waals surface area contributed by atoms with Crippen LogP contribution < -0.4 is 14.2 Å². The van der Waals surface area contributed by atoms with E-state index in [0.29, 0.717) is 18.2 Å². The van der Waals surface area contributed by atoms with E-state index in [0.717, 1.165) is 30.1 Å². The van der Waals surface area contributed by atoms with Gasteiger partial charge in [0, 0.05) is 5.02 Å². The molecular weight excluding hydrogens is 288 g/mol. The van der Waals surface area contributed by atoms with E-state index in [1.165, 1.54) is 0 Å². The Kier molecular flexibility index (Phi) is 6.22. The third kappa shape index (κ3) is 5.56. The van der Waals surface area contributed by atoms with Crippen molar-refractivity contribution in [2.75, 3.05) is 20.3 Å². The zero-order valence-electron chi connectivity index (χ0n) is 12.0. The molecule has 0 amide bonds. The summed E-state index contributed by atoms with van der Waals surface area (Å²) in [4.78, 5) is 0. The van der Waals surface area contributed by atoms with Crippen molar-refractivity contribution in [2.24, 2.45) is 0 Å². The highest BCUT2D eigenvalue weighted by Crippen LogP contribution is 2.18. The average molecular weight is 307 g/mol. The highest BCUT2D eigenvalue weighted by molar-refractivity contribution is 6.30. The Bertz CT molecular complexity index is 540. The summed E-state index contributed by atoms with van der Waals surface area (Å²) in [5.41, 5.74) is 0. The van der Waals surface area contributed by atoms with Crippen LogP contribution in [0.2, 0.25) is 5.02 Å². The number of rotatable bonds is 8. The molecule has 0 saturated heterocycles. The molecule has 0 aliphatic carbocycles. The first-order valence-electron chi connectivity index (χ1n) is 6.93. The molecule has 0 atom stereocenters. The molecule has 0 saturated carbocycles. The van der Waals surface area contributed by atoms with Crippen molar-refractivity contribution in [2.45, 2.75) is 12.8 Å². The number of benzene rings is 2. The molecule has 0 unspecified atom stereocenters. The third-order valence-electron chi connectivity index (χ3n) is 2.93. The van der Waals surface area contributed by atoms with E-state index in [1.807, 2.05) is 48.5 Å². The Morgan fingerprint density at radius 2 is 1.43 bits per heavy atom. The Morgan fingerprint density at radius 1 is 0.810 bits per heavy atom. The lowest BCUT2D eigenvalue weighted by atomic mass is 10.3. The van der Waals surface area contributed by atoms with Crippen LogP contribution >= 0.6 is 11.6 Å². The quantitative estimate of drug-likeness (QED) is 0.668. The van der Waals surface area contributed by atoms with Crippen LogP contribution in [0.15, 0.2) is 48.5 Å². The van der Waals surface area contributed by atoms with Crippen LogP contribution in [0.1, 0.15) is 12.8 Å². The molecule has 0 aliphatic rings. The van der Waals surface area contributed by atoms with Crippen LogP contribution in [-0.2, 0) is 0 Å². The SMILES string of the molecule is COc1ccc(OCCCCOc2cccc(Cl)c2)cc1. The van der Waals surface area contributed by atoms with E-state index in [4.69, 9.17) is 25.8 Å². The van der Waals surface area contributed by atoms with Gasteiger partial charge in [0.25, 0.3) is 0 Å². The second kappa shape index (κ2) is 8.42. The van der Waals surface area contributed by atoms with E-state index in [2.05, 4.69) is 0 Å². The summed E-state index contributed by atoms with van der Waals surface area (Å²) in [7, 11) is 1.65. The van der Waals surface area contributed by atoms with Gasteiger partial charge in [-0.1, -0.05) is 17.7 Å². The van der Waals surface area contributed by atoms with E-state index in [9.17, 15) is 0 Å². The van der Waals surface area contributed by atoms with Gasteiger partial charge in [-0.3, -0.25) is 0 Å². The predicted molar refractivity (Wildman–Crippen MR) is 84.7 cm³/mol. The summed E-state index contributed by atoms with van der Waals surface area (Å²) in [5, 5.41) is 0.690. The number of ether oxygens (including phenoxy) is 3. The maximum Gasteiger partial charge on any atom is 0.120 e. The number of unbranched alkanes of at least 4 members (excludes halogenated alkanes) is 1. The van der Waals surface area contributed by atoms with Gasteiger partial charge in [0.15, 0.2) is 0 Å². The number of hydrogen-bond donors (Lipinski definition) is 0. The maximum absolute atomic E-state index is 5.89. The average Bonchev–Trinajstić information content (AvgIpc) is 2.51. The molecule has 0 spiro atoms. The Balaban J connectivity index is 1.59.